The Kier molecular flexibility index (Phi) is 7.44. The minimum absolute atomic E-state index is 0.0125. The van der Waals surface area contributed by atoms with Crippen LogP contribution in [0, 0.1) is 5.92 Å². The predicted molar refractivity (Wildman–Crippen MR) is 142 cm³/mol. The minimum Gasteiger partial charge on any atom is -0.495 e. The number of amides is 1. The Morgan fingerprint density at radius 2 is 1.95 bits per heavy atom. The summed E-state index contributed by atoms with van der Waals surface area (Å²) in [5.74, 6) is 0.396. The summed E-state index contributed by atoms with van der Waals surface area (Å²) in [5, 5.41) is 2.77. The zero-order valence-corrected chi connectivity index (χ0v) is 22.7. The van der Waals surface area contributed by atoms with Crippen molar-refractivity contribution in [2.45, 2.75) is 26.0 Å². The molecule has 11 nitrogen and oxygen atoms in total. The highest BCUT2D eigenvalue weighted by molar-refractivity contribution is 7.94. The molecule has 3 aromatic rings. The first-order valence-electron chi connectivity index (χ1n) is 12.5. The van der Waals surface area contributed by atoms with Gasteiger partial charge in [-0.3, -0.25) is 9.36 Å². The lowest BCUT2D eigenvalue weighted by molar-refractivity contribution is -0.119. The number of nitrogens with zero attached hydrogens (tertiary/aromatic N) is 5. The highest BCUT2D eigenvalue weighted by Crippen LogP contribution is 2.37. The van der Waals surface area contributed by atoms with E-state index in [2.05, 4.69) is 20.2 Å². The third kappa shape index (κ3) is 5.54. The van der Waals surface area contributed by atoms with Crippen LogP contribution >= 0.6 is 0 Å². The summed E-state index contributed by atoms with van der Waals surface area (Å²) in [4.78, 5) is 22.6. The molecule has 39 heavy (non-hydrogen) atoms. The molecule has 210 valence electrons. The van der Waals surface area contributed by atoms with Crippen molar-refractivity contribution in [3.8, 4) is 22.9 Å². The number of hydrogen-bond acceptors (Lipinski definition) is 7. The molecular formula is C25H31F2N6O5S+. The van der Waals surface area contributed by atoms with Crippen molar-refractivity contribution >= 4 is 33.0 Å². The predicted octanol–water partition coefficient (Wildman–Crippen LogP) is 3.04. The number of fused-ring (bicyclic) bond motifs is 1. The molecule has 1 amide bonds. The Hall–Kier alpha value is -3.36. The lowest BCUT2D eigenvalue weighted by Gasteiger charge is -2.34. The first kappa shape index (κ1) is 27.2. The first-order valence-corrected chi connectivity index (χ1v) is 14.4. The number of methoxy groups -OCH3 is 1. The van der Waals surface area contributed by atoms with E-state index in [1.54, 1.807) is 24.4 Å². The van der Waals surface area contributed by atoms with Crippen LogP contribution in [0.3, 0.4) is 0 Å². The van der Waals surface area contributed by atoms with Gasteiger partial charge in [-0.15, -0.1) is 0 Å². The number of nitrogens with one attached hydrogen (secondary N) is 1. The fourth-order valence-corrected chi connectivity index (χ4v) is 5.84. The van der Waals surface area contributed by atoms with Crippen molar-refractivity contribution in [3.63, 3.8) is 0 Å². The normalized spacial score (nSPS) is 20.7. The van der Waals surface area contributed by atoms with E-state index in [-0.39, 0.29) is 23.2 Å². The van der Waals surface area contributed by atoms with Crippen LogP contribution < -0.4 is 19.7 Å². The second kappa shape index (κ2) is 10.7. The van der Waals surface area contributed by atoms with Gasteiger partial charge in [0.1, 0.15) is 23.7 Å². The van der Waals surface area contributed by atoms with Gasteiger partial charge in [0.15, 0.2) is 6.26 Å². The largest absolute Gasteiger partial charge is 0.495 e. The van der Waals surface area contributed by atoms with Gasteiger partial charge in [0.2, 0.25) is 11.8 Å². The molecular weight excluding hydrogens is 534 g/mol. The first-order chi connectivity index (χ1) is 18.5. The molecule has 0 saturated carbocycles. The molecule has 4 heterocycles. The zero-order chi connectivity index (χ0) is 27.9. The van der Waals surface area contributed by atoms with E-state index in [1.807, 2.05) is 18.2 Å². The molecule has 2 aliphatic rings. The number of aromatic nitrogens is 3. The van der Waals surface area contributed by atoms with Crippen LogP contribution in [-0.4, -0.2) is 81.5 Å². The van der Waals surface area contributed by atoms with E-state index in [0.29, 0.717) is 61.7 Å². The molecule has 1 aromatic carbocycles. The van der Waals surface area contributed by atoms with Gasteiger partial charge in [0.25, 0.3) is 10.4 Å². The van der Waals surface area contributed by atoms with Crippen LogP contribution in [0.25, 0.3) is 22.3 Å². The number of halogens is 2. The van der Waals surface area contributed by atoms with Crippen molar-refractivity contribution in [1.82, 2.24) is 24.2 Å². The van der Waals surface area contributed by atoms with Crippen molar-refractivity contribution in [2.24, 2.45) is 5.92 Å². The Morgan fingerprint density at radius 3 is 2.56 bits per heavy atom. The number of benzene rings is 1. The monoisotopic (exact) mass is 565 g/mol. The summed E-state index contributed by atoms with van der Waals surface area (Å²) in [7, 11) is -1.45. The standard InChI is InChI=1S/C25H30F2N6O5S/c1-15(17-11-22(34)28-13-17)38-24-23-19(29-14-33(23)25(26)27)12-18(30-24)16-4-5-20(21(10-16)37-2)31-6-8-32(9-7-31)39(3,35)36/h4-5,10,12,14-15,17,25H,6-9,11,13H2,1-3H3,(H-,28,34,35,36)/p+1/t15-,17-/m1/s1. The molecule has 5 rings (SSSR count). The summed E-state index contributed by atoms with van der Waals surface area (Å²) in [6.07, 6.45) is 2.21. The third-order valence-electron chi connectivity index (χ3n) is 7.23. The smallest absolute Gasteiger partial charge is 0.320 e. The number of imidazole rings is 1. The summed E-state index contributed by atoms with van der Waals surface area (Å²) in [5.41, 5.74) is 2.34. The molecule has 2 aromatic heterocycles. The average Bonchev–Trinajstić information content (AvgIpc) is 3.54. The molecule has 0 bridgehead atoms. The second-order valence-electron chi connectivity index (χ2n) is 9.77. The molecule has 2 saturated heterocycles. The summed E-state index contributed by atoms with van der Waals surface area (Å²) in [6.45, 7) is 1.36. The second-order valence-corrected chi connectivity index (χ2v) is 11.8. The Balaban J connectivity index is 1.47. The number of carbonyl (C=O) groups excluding carboxylic acids is 1. The number of piperazine rings is 1. The van der Waals surface area contributed by atoms with Gasteiger partial charge in [0.05, 0.1) is 37.1 Å². The Morgan fingerprint density at radius 1 is 1.21 bits per heavy atom. The van der Waals surface area contributed by atoms with Gasteiger partial charge in [-0.25, -0.2) is 9.97 Å². The fraction of sp³-hybridized carbons (Fsp3) is 0.480. The van der Waals surface area contributed by atoms with Crippen molar-refractivity contribution in [1.29, 1.82) is 0 Å². The fourth-order valence-electron chi connectivity index (χ4n) is 5.00. The molecule has 2 N–H and O–H groups in total. The molecule has 1 unspecified atom stereocenters. The molecule has 14 heteroatoms. The van der Waals surface area contributed by atoms with Crippen LogP contribution in [0.1, 0.15) is 19.9 Å². The lowest BCUT2D eigenvalue weighted by Crippen LogP contribution is -2.50. The van der Waals surface area contributed by atoms with E-state index in [4.69, 9.17) is 9.47 Å². The van der Waals surface area contributed by atoms with Gasteiger partial charge in [-0.05, 0) is 29.3 Å². The summed E-state index contributed by atoms with van der Waals surface area (Å²) in [6, 6.07) is 7.17. The zero-order valence-electron chi connectivity index (χ0n) is 21.8. The highest BCUT2D eigenvalue weighted by atomic mass is 32.3. The van der Waals surface area contributed by atoms with E-state index in [9.17, 15) is 22.3 Å². The van der Waals surface area contributed by atoms with E-state index >= 15 is 0 Å². The van der Waals surface area contributed by atoms with Gasteiger partial charge in [-0.1, -0.05) is 10.4 Å². The van der Waals surface area contributed by atoms with E-state index < -0.39 is 23.1 Å². The molecule has 2 fully saturated rings. The average molecular weight is 566 g/mol. The maximum absolute atomic E-state index is 13.8. The summed E-state index contributed by atoms with van der Waals surface area (Å²) < 4.78 is 63.4. The number of anilines is 1. The maximum Gasteiger partial charge on any atom is 0.320 e. The van der Waals surface area contributed by atoms with Crippen LogP contribution in [0.5, 0.6) is 11.6 Å². The lowest BCUT2D eigenvalue weighted by atomic mass is 10.0. The number of hydrogen-bond donors (Lipinski definition) is 2. The number of ether oxygens (including phenoxy) is 2. The SMILES string of the molecule is COc1cc(-c2cc3ncn(C(F)F)c3c(O[C@H](C)[C@H]3CNC(=O)C3)n2)ccc1N1CCN([S+](C)(=O)O)CC1. The van der Waals surface area contributed by atoms with Crippen LogP contribution in [0.15, 0.2) is 30.6 Å². The van der Waals surface area contributed by atoms with Crippen LogP contribution in [-0.2, 0) is 19.4 Å². The molecule has 0 spiro atoms. The highest BCUT2D eigenvalue weighted by Gasteiger charge is 2.34. The van der Waals surface area contributed by atoms with Crippen molar-refractivity contribution in [3.05, 3.63) is 30.6 Å². The molecule has 3 atom stereocenters. The molecule has 2 aliphatic heterocycles. The molecule has 0 radical (unpaired) electrons. The summed E-state index contributed by atoms with van der Waals surface area (Å²) >= 11 is 0. The van der Waals surface area contributed by atoms with Crippen LogP contribution in [0.2, 0.25) is 0 Å². The van der Waals surface area contributed by atoms with Crippen molar-refractivity contribution in [2.75, 3.05) is 51.0 Å². The number of pyridine rings is 1. The quantitative estimate of drug-likeness (QED) is 0.400. The van der Waals surface area contributed by atoms with Crippen molar-refractivity contribution < 1.29 is 31.8 Å². The van der Waals surface area contributed by atoms with Crippen LogP contribution in [0.4, 0.5) is 14.5 Å². The Bertz CT molecular complexity index is 1420. The number of rotatable bonds is 8. The third-order valence-corrected chi connectivity index (χ3v) is 8.56. The van der Waals surface area contributed by atoms with Gasteiger partial charge >= 0.3 is 6.55 Å². The minimum atomic E-state index is -3.00. The van der Waals surface area contributed by atoms with Gasteiger partial charge in [0, 0.05) is 37.5 Å². The molecule has 0 aliphatic carbocycles. The van der Waals surface area contributed by atoms with Gasteiger partial charge < -0.3 is 19.7 Å². The van der Waals surface area contributed by atoms with E-state index in [0.717, 1.165) is 16.6 Å². The van der Waals surface area contributed by atoms with E-state index in [1.165, 1.54) is 6.26 Å². The Labute approximate surface area is 225 Å². The number of alkyl halides is 2. The topological polar surface area (TPSA) is 122 Å². The number of carbonyl (C=O) groups is 1. The van der Waals surface area contributed by atoms with Gasteiger partial charge in [-0.2, -0.15) is 13.3 Å². The maximum atomic E-state index is 13.8.